The molecule has 0 radical (unpaired) electrons. The van der Waals surface area contributed by atoms with E-state index in [2.05, 4.69) is 42.8 Å². The zero-order chi connectivity index (χ0) is 15.6. The zero-order valence-corrected chi connectivity index (χ0v) is 14.3. The summed E-state index contributed by atoms with van der Waals surface area (Å²) >= 11 is 3.47. The van der Waals surface area contributed by atoms with Crippen molar-refractivity contribution in [2.24, 2.45) is 5.92 Å². The van der Waals surface area contributed by atoms with Crippen molar-refractivity contribution in [1.29, 1.82) is 0 Å². The van der Waals surface area contributed by atoms with Gasteiger partial charge >= 0.3 is 5.97 Å². The van der Waals surface area contributed by atoms with Crippen LogP contribution < -0.4 is 0 Å². The SMILES string of the molecule is CC(=O)OC(C(C)C)C(C)c1ccc2ccc(Br)cc2n1. The Hall–Kier alpha value is -1.42. The highest BCUT2D eigenvalue weighted by Gasteiger charge is 2.26. The number of benzene rings is 1. The number of pyridine rings is 1. The van der Waals surface area contributed by atoms with E-state index in [0.29, 0.717) is 0 Å². The number of ether oxygens (including phenoxy) is 1. The molecule has 2 aromatic rings. The normalized spacial score (nSPS) is 14.2. The summed E-state index contributed by atoms with van der Waals surface area (Å²) in [4.78, 5) is 16.0. The second kappa shape index (κ2) is 6.56. The highest BCUT2D eigenvalue weighted by atomic mass is 79.9. The number of hydrogen-bond donors (Lipinski definition) is 0. The molecule has 4 heteroatoms. The predicted molar refractivity (Wildman–Crippen MR) is 88.3 cm³/mol. The highest BCUT2D eigenvalue weighted by Crippen LogP contribution is 2.28. The van der Waals surface area contributed by atoms with E-state index >= 15 is 0 Å². The second-order valence-corrected chi connectivity index (χ2v) is 6.60. The molecule has 0 aliphatic heterocycles. The van der Waals surface area contributed by atoms with E-state index in [4.69, 9.17) is 9.72 Å². The molecule has 0 saturated heterocycles. The Morgan fingerprint density at radius 3 is 2.48 bits per heavy atom. The van der Waals surface area contributed by atoms with Crippen molar-refractivity contribution >= 4 is 32.8 Å². The Kier molecular flexibility index (Phi) is 4.99. The first-order chi connectivity index (χ1) is 9.88. The fourth-order valence-corrected chi connectivity index (χ4v) is 2.88. The minimum Gasteiger partial charge on any atom is -0.462 e. The molecule has 1 aromatic carbocycles. The van der Waals surface area contributed by atoms with Crippen LogP contribution >= 0.6 is 15.9 Å². The van der Waals surface area contributed by atoms with Crippen molar-refractivity contribution in [3.05, 3.63) is 40.5 Å². The Balaban J connectivity index is 2.36. The van der Waals surface area contributed by atoms with Crippen LogP contribution in [0, 0.1) is 5.92 Å². The van der Waals surface area contributed by atoms with Crippen LogP contribution in [0.3, 0.4) is 0 Å². The average Bonchev–Trinajstić information content (AvgIpc) is 2.42. The molecule has 112 valence electrons. The molecule has 1 aromatic heterocycles. The van der Waals surface area contributed by atoms with E-state index in [-0.39, 0.29) is 23.9 Å². The standard InChI is InChI=1S/C17H20BrNO2/c1-10(2)17(21-12(4)20)11(3)15-8-6-13-5-7-14(18)9-16(13)19-15/h5-11,17H,1-4H3. The maximum absolute atomic E-state index is 11.3. The highest BCUT2D eigenvalue weighted by molar-refractivity contribution is 9.10. The van der Waals surface area contributed by atoms with Gasteiger partial charge in [-0.2, -0.15) is 0 Å². The lowest BCUT2D eigenvalue weighted by Crippen LogP contribution is -2.28. The third kappa shape index (κ3) is 3.82. The fraction of sp³-hybridized carbons (Fsp3) is 0.412. The largest absolute Gasteiger partial charge is 0.462 e. The number of carbonyl (C=O) groups is 1. The maximum atomic E-state index is 11.3. The first kappa shape index (κ1) is 16.0. The van der Waals surface area contributed by atoms with E-state index in [0.717, 1.165) is 21.1 Å². The van der Waals surface area contributed by atoms with Gasteiger partial charge < -0.3 is 4.74 Å². The van der Waals surface area contributed by atoms with Crippen molar-refractivity contribution in [2.45, 2.75) is 39.7 Å². The van der Waals surface area contributed by atoms with E-state index in [1.165, 1.54) is 6.92 Å². The van der Waals surface area contributed by atoms with E-state index in [1.807, 2.05) is 24.3 Å². The maximum Gasteiger partial charge on any atom is 0.302 e. The number of halogens is 1. The van der Waals surface area contributed by atoms with E-state index < -0.39 is 0 Å². The first-order valence-electron chi connectivity index (χ1n) is 7.12. The number of esters is 1. The lowest BCUT2D eigenvalue weighted by molar-refractivity contribution is -0.149. The summed E-state index contributed by atoms with van der Waals surface area (Å²) in [6.45, 7) is 7.62. The molecule has 2 rings (SSSR count). The van der Waals surface area contributed by atoms with Crippen LogP contribution in [0.25, 0.3) is 10.9 Å². The van der Waals surface area contributed by atoms with Gasteiger partial charge in [0, 0.05) is 28.4 Å². The summed E-state index contributed by atoms with van der Waals surface area (Å²) in [5.74, 6) is 0.0465. The quantitative estimate of drug-likeness (QED) is 0.751. The van der Waals surface area contributed by atoms with Crippen molar-refractivity contribution < 1.29 is 9.53 Å². The molecule has 0 bridgehead atoms. The summed E-state index contributed by atoms with van der Waals surface area (Å²) in [6, 6.07) is 10.1. The molecule has 2 atom stereocenters. The molecular weight excluding hydrogens is 330 g/mol. The minimum absolute atomic E-state index is 0.0530. The molecule has 0 spiro atoms. The van der Waals surface area contributed by atoms with Gasteiger partial charge in [0.15, 0.2) is 0 Å². The third-order valence-corrected chi connectivity index (χ3v) is 4.09. The minimum atomic E-state index is -0.246. The summed E-state index contributed by atoms with van der Waals surface area (Å²) in [6.07, 6.45) is -0.167. The van der Waals surface area contributed by atoms with Crippen molar-refractivity contribution in [2.75, 3.05) is 0 Å². The molecule has 21 heavy (non-hydrogen) atoms. The van der Waals surface area contributed by atoms with Gasteiger partial charge in [-0.15, -0.1) is 0 Å². The van der Waals surface area contributed by atoms with Crippen LogP contribution in [0.15, 0.2) is 34.8 Å². The molecule has 3 nitrogen and oxygen atoms in total. The van der Waals surface area contributed by atoms with Crippen molar-refractivity contribution in [3.63, 3.8) is 0 Å². The number of fused-ring (bicyclic) bond motifs is 1. The third-order valence-electron chi connectivity index (χ3n) is 3.59. The molecule has 1 heterocycles. The molecule has 0 saturated carbocycles. The Morgan fingerprint density at radius 2 is 1.86 bits per heavy atom. The number of rotatable bonds is 4. The smallest absolute Gasteiger partial charge is 0.302 e. The predicted octanol–water partition coefficient (Wildman–Crippen LogP) is 4.69. The van der Waals surface area contributed by atoms with Crippen LogP contribution in [0.1, 0.15) is 39.3 Å². The lowest BCUT2D eigenvalue weighted by atomic mass is 9.91. The zero-order valence-electron chi connectivity index (χ0n) is 12.8. The second-order valence-electron chi connectivity index (χ2n) is 5.68. The van der Waals surface area contributed by atoms with Gasteiger partial charge in [-0.25, -0.2) is 0 Å². The number of carbonyl (C=O) groups excluding carboxylic acids is 1. The van der Waals surface area contributed by atoms with Crippen molar-refractivity contribution in [3.8, 4) is 0 Å². The van der Waals surface area contributed by atoms with Crippen LogP contribution in [0.2, 0.25) is 0 Å². The van der Waals surface area contributed by atoms with Crippen molar-refractivity contribution in [1.82, 2.24) is 4.98 Å². The average molecular weight is 350 g/mol. The molecule has 0 fully saturated rings. The number of nitrogens with zero attached hydrogens (tertiary/aromatic N) is 1. The molecule has 2 unspecified atom stereocenters. The van der Waals surface area contributed by atoms with Gasteiger partial charge in [0.1, 0.15) is 6.10 Å². The first-order valence-corrected chi connectivity index (χ1v) is 7.91. The Labute approximate surface area is 133 Å². The summed E-state index contributed by atoms with van der Waals surface area (Å²) in [5, 5.41) is 1.10. The van der Waals surface area contributed by atoms with Gasteiger partial charge in [-0.1, -0.05) is 48.8 Å². The number of hydrogen-bond acceptors (Lipinski definition) is 3. The van der Waals surface area contributed by atoms with Gasteiger partial charge in [0.2, 0.25) is 0 Å². The van der Waals surface area contributed by atoms with E-state index in [9.17, 15) is 4.79 Å². The lowest BCUT2D eigenvalue weighted by Gasteiger charge is -2.26. The molecule has 0 amide bonds. The fourth-order valence-electron chi connectivity index (χ4n) is 2.54. The Morgan fingerprint density at radius 1 is 1.19 bits per heavy atom. The van der Waals surface area contributed by atoms with Gasteiger partial charge in [-0.3, -0.25) is 9.78 Å². The molecule has 0 aliphatic rings. The summed E-state index contributed by atoms with van der Waals surface area (Å²) in [5.41, 5.74) is 1.89. The van der Waals surface area contributed by atoms with Crippen LogP contribution in [0.4, 0.5) is 0 Å². The number of aromatic nitrogens is 1. The monoisotopic (exact) mass is 349 g/mol. The topological polar surface area (TPSA) is 39.2 Å². The molecule has 0 aliphatic carbocycles. The van der Waals surface area contributed by atoms with Gasteiger partial charge in [-0.05, 0) is 24.1 Å². The summed E-state index contributed by atoms with van der Waals surface area (Å²) < 4.78 is 6.48. The van der Waals surface area contributed by atoms with Crippen LogP contribution in [-0.4, -0.2) is 17.1 Å². The van der Waals surface area contributed by atoms with Crippen LogP contribution in [0.5, 0.6) is 0 Å². The van der Waals surface area contributed by atoms with E-state index in [1.54, 1.807) is 0 Å². The summed E-state index contributed by atoms with van der Waals surface area (Å²) in [7, 11) is 0. The molecule has 0 N–H and O–H groups in total. The van der Waals surface area contributed by atoms with Gasteiger partial charge in [0.25, 0.3) is 0 Å². The Bertz CT molecular complexity index is 654. The van der Waals surface area contributed by atoms with Crippen LogP contribution in [-0.2, 0) is 9.53 Å². The van der Waals surface area contributed by atoms with Gasteiger partial charge in [0.05, 0.1) is 5.52 Å². The molecular formula is C17H20BrNO2.